The molecule has 0 heterocycles. The summed E-state index contributed by atoms with van der Waals surface area (Å²) < 4.78 is 5.64. The number of carboxylic acid groups (broad SMARTS) is 1. The fraction of sp³-hybridized carbons (Fsp3) is 0. The van der Waals surface area contributed by atoms with Gasteiger partial charge < -0.3 is 15.2 Å². The fourth-order valence-electron chi connectivity index (χ4n) is 1.59. The largest absolute Gasteiger partial charge is 0.478 e. The van der Waals surface area contributed by atoms with Gasteiger partial charge in [0.15, 0.2) is 0 Å². The molecule has 0 spiro atoms. The maximum Gasteiger partial charge on any atom is 0.328 e. The zero-order valence-electron chi connectivity index (χ0n) is 11.0. The van der Waals surface area contributed by atoms with Crippen molar-refractivity contribution in [3.63, 3.8) is 0 Å². The lowest BCUT2D eigenvalue weighted by Crippen LogP contribution is -2.08. The van der Waals surface area contributed by atoms with Crippen LogP contribution in [0.2, 0.25) is 0 Å². The molecule has 0 saturated heterocycles. The Bertz CT molecular complexity index is 665. The molecule has 0 unspecified atom stereocenters. The second kappa shape index (κ2) is 6.91. The number of hydrogen-bond acceptors (Lipinski definition) is 3. The minimum atomic E-state index is -1.17. The quantitative estimate of drug-likeness (QED) is 0.827. The summed E-state index contributed by atoms with van der Waals surface area (Å²) in [6.07, 6.45) is 1.73. The highest BCUT2D eigenvalue weighted by atomic mass is 16.5. The molecule has 0 aliphatic heterocycles. The van der Waals surface area contributed by atoms with E-state index in [9.17, 15) is 9.59 Å². The van der Waals surface area contributed by atoms with E-state index < -0.39 is 11.9 Å². The number of rotatable bonds is 5. The number of carboxylic acids is 1. The molecule has 5 nitrogen and oxygen atoms in total. The van der Waals surface area contributed by atoms with Gasteiger partial charge in [0, 0.05) is 23.9 Å². The summed E-state index contributed by atoms with van der Waals surface area (Å²) in [5, 5.41) is 11.0. The van der Waals surface area contributed by atoms with Gasteiger partial charge in [0.25, 0.3) is 0 Å². The van der Waals surface area contributed by atoms with E-state index in [2.05, 4.69) is 5.32 Å². The molecule has 0 aliphatic rings. The Morgan fingerprint density at radius 3 is 2.38 bits per heavy atom. The summed E-state index contributed by atoms with van der Waals surface area (Å²) in [4.78, 5) is 21.8. The molecule has 0 saturated carbocycles. The SMILES string of the molecule is O=C(O)C=CC(=O)Nc1cccc(Oc2ccccc2)c1. The molecule has 2 aromatic rings. The van der Waals surface area contributed by atoms with Crippen molar-refractivity contribution in [2.45, 2.75) is 0 Å². The van der Waals surface area contributed by atoms with Crippen molar-refractivity contribution in [3.8, 4) is 11.5 Å². The van der Waals surface area contributed by atoms with E-state index in [1.807, 2.05) is 30.3 Å². The summed E-state index contributed by atoms with van der Waals surface area (Å²) in [6.45, 7) is 0. The molecule has 0 aromatic heterocycles. The Morgan fingerprint density at radius 2 is 1.67 bits per heavy atom. The van der Waals surface area contributed by atoms with E-state index in [0.29, 0.717) is 17.2 Å². The summed E-state index contributed by atoms with van der Waals surface area (Å²) in [7, 11) is 0. The predicted octanol–water partition coefficient (Wildman–Crippen LogP) is 3.06. The van der Waals surface area contributed by atoms with E-state index in [-0.39, 0.29) is 0 Å². The van der Waals surface area contributed by atoms with E-state index in [1.165, 1.54) is 0 Å². The number of amides is 1. The third kappa shape index (κ3) is 4.83. The topological polar surface area (TPSA) is 75.6 Å². The van der Waals surface area contributed by atoms with Gasteiger partial charge in [-0.1, -0.05) is 24.3 Å². The normalized spacial score (nSPS) is 10.3. The van der Waals surface area contributed by atoms with Gasteiger partial charge in [-0.3, -0.25) is 4.79 Å². The van der Waals surface area contributed by atoms with Gasteiger partial charge in [-0.25, -0.2) is 4.79 Å². The third-order valence-electron chi connectivity index (χ3n) is 2.46. The van der Waals surface area contributed by atoms with Gasteiger partial charge in [0.1, 0.15) is 11.5 Å². The Morgan fingerprint density at radius 1 is 0.952 bits per heavy atom. The van der Waals surface area contributed by atoms with Crippen LogP contribution < -0.4 is 10.1 Å². The van der Waals surface area contributed by atoms with Crippen LogP contribution in [-0.4, -0.2) is 17.0 Å². The highest BCUT2D eigenvalue weighted by Gasteiger charge is 2.02. The molecule has 0 fully saturated rings. The molecule has 21 heavy (non-hydrogen) atoms. The molecular weight excluding hydrogens is 270 g/mol. The number of ether oxygens (including phenoxy) is 1. The third-order valence-corrected chi connectivity index (χ3v) is 2.46. The lowest BCUT2D eigenvalue weighted by molar-refractivity contribution is -0.131. The molecule has 5 heteroatoms. The Hall–Kier alpha value is -3.08. The van der Waals surface area contributed by atoms with Gasteiger partial charge in [0.2, 0.25) is 5.91 Å². The first kappa shape index (κ1) is 14.3. The molecule has 106 valence electrons. The minimum Gasteiger partial charge on any atom is -0.478 e. The molecule has 0 radical (unpaired) electrons. The summed E-state index contributed by atoms with van der Waals surface area (Å²) in [5.41, 5.74) is 0.517. The first-order chi connectivity index (χ1) is 10.1. The first-order valence-corrected chi connectivity index (χ1v) is 6.18. The van der Waals surface area contributed by atoms with Crippen molar-refractivity contribution < 1.29 is 19.4 Å². The van der Waals surface area contributed by atoms with Crippen LogP contribution >= 0.6 is 0 Å². The van der Waals surface area contributed by atoms with Crippen LogP contribution in [0.3, 0.4) is 0 Å². The summed E-state index contributed by atoms with van der Waals surface area (Å²) in [6, 6.07) is 16.1. The molecule has 1 amide bonds. The summed E-state index contributed by atoms with van der Waals surface area (Å²) >= 11 is 0. The Labute approximate surface area is 121 Å². The molecule has 0 bridgehead atoms. The first-order valence-electron chi connectivity index (χ1n) is 6.18. The predicted molar refractivity (Wildman–Crippen MR) is 78.4 cm³/mol. The molecule has 0 atom stereocenters. The van der Waals surface area contributed by atoms with Gasteiger partial charge >= 0.3 is 5.97 Å². The number of hydrogen-bond donors (Lipinski definition) is 2. The van der Waals surface area contributed by atoms with Crippen LogP contribution in [0.25, 0.3) is 0 Å². The number of nitrogens with one attached hydrogen (secondary N) is 1. The second-order valence-electron chi connectivity index (χ2n) is 4.10. The van der Waals surface area contributed by atoms with Crippen molar-refractivity contribution in [1.29, 1.82) is 0 Å². The average Bonchev–Trinajstić information content (AvgIpc) is 2.46. The number of anilines is 1. The van der Waals surface area contributed by atoms with Crippen LogP contribution in [0, 0.1) is 0 Å². The molecule has 2 N–H and O–H groups in total. The van der Waals surface area contributed by atoms with Crippen LogP contribution in [-0.2, 0) is 9.59 Å². The zero-order valence-corrected chi connectivity index (χ0v) is 11.0. The number of carbonyl (C=O) groups is 2. The fourth-order valence-corrected chi connectivity index (χ4v) is 1.59. The van der Waals surface area contributed by atoms with Crippen LogP contribution in [0.4, 0.5) is 5.69 Å². The highest BCUT2D eigenvalue weighted by molar-refractivity contribution is 6.02. The summed E-state index contributed by atoms with van der Waals surface area (Å²) in [5.74, 6) is -0.437. The van der Waals surface area contributed by atoms with Gasteiger partial charge in [-0.15, -0.1) is 0 Å². The van der Waals surface area contributed by atoms with Crippen molar-refractivity contribution in [2.24, 2.45) is 0 Å². The monoisotopic (exact) mass is 283 g/mol. The van der Waals surface area contributed by atoms with Crippen LogP contribution in [0.1, 0.15) is 0 Å². The highest BCUT2D eigenvalue weighted by Crippen LogP contribution is 2.23. The molecule has 0 aliphatic carbocycles. The van der Waals surface area contributed by atoms with E-state index >= 15 is 0 Å². The number of aliphatic carboxylic acids is 1. The molecule has 2 aromatic carbocycles. The number of carbonyl (C=O) groups excluding carboxylic acids is 1. The Balaban J connectivity index is 2.04. The van der Waals surface area contributed by atoms with Gasteiger partial charge in [-0.05, 0) is 24.3 Å². The lowest BCUT2D eigenvalue weighted by Gasteiger charge is -2.07. The van der Waals surface area contributed by atoms with E-state index in [4.69, 9.17) is 9.84 Å². The number of benzene rings is 2. The van der Waals surface area contributed by atoms with Crippen LogP contribution in [0.5, 0.6) is 11.5 Å². The van der Waals surface area contributed by atoms with Crippen molar-refractivity contribution in [1.82, 2.24) is 0 Å². The molecular formula is C16H13NO4. The van der Waals surface area contributed by atoms with Crippen molar-refractivity contribution in [3.05, 3.63) is 66.7 Å². The van der Waals surface area contributed by atoms with Crippen LogP contribution in [0.15, 0.2) is 66.7 Å². The second-order valence-corrected chi connectivity index (χ2v) is 4.10. The molecule has 2 rings (SSSR count). The van der Waals surface area contributed by atoms with Crippen molar-refractivity contribution >= 4 is 17.6 Å². The van der Waals surface area contributed by atoms with Gasteiger partial charge in [0.05, 0.1) is 0 Å². The smallest absolute Gasteiger partial charge is 0.328 e. The van der Waals surface area contributed by atoms with Gasteiger partial charge in [-0.2, -0.15) is 0 Å². The minimum absolute atomic E-state index is 0.517. The lowest BCUT2D eigenvalue weighted by atomic mass is 10.3. The number of para-hydroxylation sites is 1. The zero-order chi connectivity index (χ0) is 15.1. The van der Waals surface area contributed by atoms with Crippen molar-refractivity contribution in [2.75, 3.05) is 5.32 Å². The Kier molecular flexibility index (Phi) is 4.71. The standard InChI is InChI=1S/C16H13NO4/c18-15(9-10-16(19)20)17-12-5-4-8-14(11-12)21-13-6-2-1-3-7-13/h1-11H,(H,17,18)(H,19,20). The average molecular weight is 283 g/mol. The maximum absolute atomic E-state index is 11.5. The van der Waals surface area contributed by atoms with E-state index in [0.717, 1.165) is 12.2 Å². The maximum atomic E-state index is 11.5. The van der Waals surface area contributed by atoms with E-state index in [1.54, 1.807) is 24.3 Å².